The molecule has 2 aromatic carbocycles. The van der Waals surface area contributed by atoms with Crippen molar-refractivity contribution >= 4 is 69.2 Å². The van der Waals surface area contributed by atoms with E-state index >= 15 is 0 Å². The summed E-state index contributed by atoms with van der Waals surface area (Å²) in [5, 5.41) is 6.32. The van der Waals surface area contributed by atoms with Crippen molar-refractivity contribution in [3.8, 4) is 0 Å². The molecule has 146 valence electrons. The van der Waals surface area contributed by atoms with Crippen LogP contribution < -0.4 is 9.91 Å². The zero-order valence-corrected chi connectivity index (χ0v) is 18.0. The molecule has 0 atom stereocenters. The maximum atomic E-state index is 12.9. The predicted octanol–water partition coefficient (Wildman–Crippen LogP) is 5.99. The van der Waals surface area contributed by atoms with Gasteiger partial charge >= 0.3 is 0 Å². The Morgan fingerprint density at radius 1 is 1.04 bits per heavy atom. The van der Waals surface area contributed by atoms with Crippen LogP contribution in [0.15, 0.2) is 46.5 Å². The van der Waals surface area contributed by atoms with Crippen molar-refractivity contribution in [1.29, 1.82) is 0 Å². The van der Waals surface area contributed by atoms with Crippen molar-refractivity contribution in [2.75, 3.05) is 23.0 Å². The lowest BCUT2D eigenvalue weighted by Gasteiger charge is -2.20. The topological polar surface area (TPSA) is 48.3 Å². The van der Waals surface area contributed by atoms with Gasteiger partial charge in [0, 0.05) is 23.8 Å². The van der Waals surface area contributed by atoms with Crippen molar-refractivity contribution in [1.82, 2.24) is 0 Å². The van der Waals surface area contributed by atoms with Crippen LogP contribution >= 0.6 is 34.8 Å². The lowest BCUT2D eigenvalue weighted by atomic mass is 10.2. The number of rotatable bonds is 5. The Kier molecular flexibility index (Phi) is 6.28. The molecule has 0 N–H and O–H groups in total. The van der Waals surface area contributed by atoms with Crippen LogP contribution in [-0.4, -0.2) is 30.4 Å². The summed E-state index contributed by atoms with van der Waals surface area (Å²) in [6.07, 6.45) is 0. The van der Waals surface area contributed by atoms with E-state index in [-0.39, 0.29) is 15.8 Å². The van der Waals surface area contributed by atoms with Gasteiger partial charge in [-0.25, -0.2) is 4.99 Å². The first-order valence-corrected chi connectivity index (χ1v) is 9.97. The fourth-order valence-corrected chi connectivity index (χ4v) is 3.95. The van der Waals surface area contributed by atoms with E-state index in [0.29, 0.717) is 22.1 Å². The molecule has 0 aliphatic carbocycles. The Bertz CT molecular complexity index is 943. The molecule has 1 heterocycles. The first-order valence-electron chi connectivity index (χ1n) is 8.84. The Labute approximate surface area is 179 Å². The molecular formula is C20H19Cl3N4O. The highest BCUT2D eigenvalue weighted by molar-refractivity contribution is 6.71. The Morgan fingerprint density at radius 3 is 2.14 bits per heavy atom. The third-order valence-electron chi connectivity index (χ3n) is 4.40. The molecule has 0 aromatic heterocycles. The predicted molar refractivity (Wildman–Crippen MR) is 119 cm³/mol. The first-order chi connectivity index (χ1) is 13.3. The molecule has 1 amide bonds. The van der Waals surface area contributed by atoms with Gasteiger partial charge in [0.1, 0.15) is 5.69 Å². The molecule has 8 heteroatoms. The number of aliphatic imine (C=N–C) groups is 1. The van der Waals surface area contributed by atoms with E-state index in [1.807, 2.05) is 24.3 Å². The summed E-state index contributed by atoms with van der Waals surface area (Å²) < 4.78 is 0. The molecule has 0 bridgehead atoms. The highest BCUT2D eigenvalue weighted by Crippen LogP contribution is 2.38. The molecule has 0 unspecified atom stereocenters. The lowest BCUT2D eigenvalue weighted by molar-refractivity contribution is -0.112. The third kappa shape index (κ3) is 4.02. The summed E-state index contributed by atoms with van der Waals surface area (Å²) >= 11 is 18.4. The van der Waals surface area contributed by atoms with E-state index in [1.54, 1.807) is 6.92 Å². The van der Waals surface area contributed by atoms with Gasteiger partial charge in [-0.3, -0.25) is 4.79 Å². The second-order valence-electron chi connectivity index (χ2n) is 6.17. The number of amides is 1. The highest BCUT2D eigenvalue weighted by Gasteiger charge is 2.33. The summed E-state index contributed by atoms with van der Waals surface area (Å²) in [6.45, 7) is 7.78. The standard InChI is InChI=1S/C20H19Cl3N4O/c1-4-26(5-2)15-8-6-14(7-9-15)24-18-12(3)25-27(20(18)28)19-16(22)10-13(21)11-17(19)23/h6-11H,4-5H2,1-3H3. The van der Waals surface area contributed by atoms with E-state index in [1.165, 1.54) is 17.1 Å². The largest absolute Gasteiger partial charge is 0.372 e. The molecule has 0 radical (unpaired) electrons. The van der Waals surface area contributed by atoms with Gasteiger partial charge in [0.25, 0.3) is 5.91 Å². The van der Waals surface area contributed by atoms with Crippen LogP contribution in [0.2, 0.25) is 15.1 Å². The minimum atomic E-state index is -0.392. The molecule has 1 aliphatic heterocycles. The first kappa shape index (κ1) is 20.6. The van der Waals surface area contributed by atoms with E-state index in [9.17, 15) is 4.79 Å². The van der Waals surface area contributed by atoms with Crippen LogP contribution in [0.3, 0.4) is 0 Å². The van der Waals surface area contributed by atoms with Crippen LogP contribution in [-0.2, 0) is 4.79 Å². The van der Waals surface area contributed by atoms with Crippen molar-refractivity contribution in [3.63, 3.8) is 0 Å². The number of halogens is 3. The minimum Gasteiger partial charge on any atom is -0.372 e. The smallest absolute Gasteiger partial charge is 0.299 e. The number of nitrogens with zero attached hydrogens (tertiary/aromatic N) is 4. The van der Waals surface area contributed by atoms with Crippen LogP contribution in [0.1, 0.15) is 20.8 Å². The molecule has 5 nitrogen and oxygen atoms in total. The minimum absolute atomic E-state index is 0.243. The van der Waals surface area contributed by atoms with Gasteiger partial charge in [0.2, 0.25) is 0 Å². The van der Waals surface area contributed by atoms with E-state index in [0.717, 1.165) is 18.8 Å². The van der Waals surface area contributed by atoms with Gasteiger partial charge in [-0.15, -0.1) is 0 Å². The molecule has 1 aliphatic rings. The Hall–Kier alpha value is -2.08. The zero-order valence-electron chi connectivity index (χ0n) is 15.7. The van der Waals surface area contributed by atoms with Crippen molar-refractivity contribution in [2.24, 2.45) is 10.1 Å². The average molecular weight is 438 g/mol. The van der Waals surface area contributed by atoms with Gasteiger partial charge in [0.05, 0.1) is 21.4 Å². The maximum Gasteiger partial charge on any atom is 0.299 e. The molecule has 0 saturated heterocycles. The number of carbonyl (C=O) groups excluding carboxylic acids is 1. The van der Waals surface area contributed by atoms with Crippen LogP contribution in [0, 0.1) is 0 Å². The summed E-state index contributed by atoms with van der Waals surface area (Å²) in [4.78, 5) is 19.6. The maximum absolute atomic E-state index is 12.9. The van der Waals surface area contributed by atoms with Gasteiger partial charge in [0.15, 0.2) is 5.71 Å². The van der Waals surface area contributed by atoms with Gasteiger partial charge in [-0.1, -0.05) is 34.8 Å². The summed E-state index contributed by atoms with van der Waals surface area (Å²) in [7, 11) is 0. The quantitative estimate of drug-likeness (QED) is 0.577. The average Bonchev–Trinajstić information content (AvgIpc) is 2.91. The van der Waals surface area contributed by atoms with Crippen LogP contribution in [0.5, 0.6) is 0 Å². The molecular weight excluding hydrogens is 419 g/mol. The number of benzene rings is 2. The van der Waals surface area contributed by atoms with Crippen molar-refractivity contribution < 1.29 is 4.79 Å². The number of hydrazone groups is 1. The number of hydrogen-bond donors (Lipinski definition) is 0. The number of anilines is 2. The van der Waals surface area contributed by atoms with E-state index in [2.05, 4.69) is 28.8 Å². The monoisotopic (exact) mass is 436 g/mol. The molecule has 3 rings (SSSR count). The lowest BCUT2D eigenvalue weighted by Crippen LogP contribution is -2.27. The molecule has 0 fully saturated rings. The summed E-state index contributed by atoms with van der Waals surface area (Å²) in [5.74, 6) is -0.392. The van der Waals surface area contributed by atoms with Gasteiger partial charge in [-0.05, 0) is 57.2 Å². The summed E-state index contributed by atoms with van der Waals surface area (Å²) in [6, 6.07) is 10.8. The fraction of sp³-hybridized carbons (Fsp3) is 0.250. The van der Waals surface area contributed by atoms with Crippen LogP contribution in [0.25, 0.3) is 0 Å². The molecule has 2 aromatic rings. The zero-order chi connectivity index (χ0) is 20.4. The van der Waals surface area contributed by atoms with Gasteiger partial charge in [-0.2, -0.15) is 10.1 Å². The highest BCUT2D eigenvalue weighted by atomic mass is 35.5. The van der Waals surface area contributed by atoms with Gasteiger partial charge < -0.3 is 4.90 Å². The molecule has 28 heavy (non-hydrogen) atoms. The summed E-state index contributed by atoms with van der Waals surface area (Å²) in [5.41, 5.74) is 2.80. The van der Waals surface area contributed by atoms with Crippen molar-refractivity contribution in [3.05, 3.63) is 51.5 Å². The Balaban J connectivity index is 1.91. The van der Waals surface area contributed by atoms with E-state index < -0.39 is 5.91 Å². The SMILES string of the molecule is CCN(CC)c1ccc(N=C2C(=O)N(c3c(Cl)cc(Cl)cc3Cl)N=C2C)cc1. The van der Waals surface area contributed by atoms with Crippen molar-refractivity contribution in [2.45, 2.75) is 20.8 Å². The van der Waals surface area contributed by atoms with Crippen LogP contribution in [0.4, 0.5) is 17.1 Å². The second kappa shape index (κ2) is 8.52. The second-order valence-corrected chi connectivity index (χ2v) is 7.42. The number of carbonyl (C=O) groups is 1. The fourth-order valence-electron chi connectivity index (χ4n) is 2.97. The van der Waals surface area contributed by atoms with E-state index in [4.69, 9.17) is 34.8 Å². The number of hydrogen-bond acceptors (Lipinski definition) is 4. The third-order valence-corrected chi connectivity index (χ3v) is 5.19. The molecule has 0 saturated carbocycles. The molecule has 0 spiro atoms. The Morgan fingerprint density at radius 2 is 1.61 bits per heavy atom. The normalized spacial score (nSPS) is 15.4.